The molecule has 2 aliphatic rings. The van der Waals surface area contributed by atoms with Crippen molar-refractivity contribution in [1.29, 1.82) is 0 Å². The van der Waals surface area contributed by atoms with E-state index in [9.17, 15) is 14.9 Å². The third-order valence-corrected chi connectivity index (χ3v) is 5.90. The zero-order chi connectivity index (χ0) is 21.4. The van der Waals surface area contributed by atoms with Gasteiger partial charge >= 0.3 is 5.97 Å². The highest BCUT2D eigenvalue weighted by atomic mass is 16.6. The normalized spacial score (nSPS) is 22.9. The van der Waals surface area contributed by atoms with Crippen LogP contribution in [0.15, 0.2) is 54.1 Å². The van der Waals surface area contributed by atoms with Gasteiger partial charge in [-0.3, -0.25) is 24.7 Å². The molecular formula is C23H31N3O4. The maximum absolute atomic E-state index is 12.3. The van der Waals surface area contributed by atoms with Crippen molar-refractivity contribution in [1.82, 2.24) is 9.80 Å². The number of benzene rings is 1. The molecule has 0 amide bonds. The average molecular weight is 414 g/mol. The second-order valence-corrected chi connectivity index (χ2v) is 8.22. The van der Waals surface area contributed by atoms with Crippen LogP contribution in [0, 0.1) is 10.1 Å². The summed E-state index contributed by atoms with van der Waals surface area (Å²) in [6, 6.07) is 10.0. The first-order valence-corrected chi connectivity index (χ1v) is 10.6. The van der Waals surface area contributed by atoms with Crippen LogP contribution in [0.4, 0.5) is 0 Å². The molecule has 0 radical (unpaired) electrons. The molecule has 1 heterocycles. The molecule has 1 aromatic carbocycles. The number of hydrogen-bond acceptors (Lipinski definition) is 6. The van der Waals surface area contributed by atoms with Crippen LogP contribution in [0.5, 0.6) is 0 Å². The molecule has 0 aromatic heterocycles. The molecule has 30 heavy (non-hydrogen) atoms. The summed E-state index contributed by atoms with van der Waals surface area (Å²) in [7, 11) is 1.32. The Bertz CT molecular complexity index is 793. The fourth-order valence-corrected chi connectivity index (χ4v) is 4.28. The summed E-state index contributed by atoms with van der Waals surface area (Å²) in [5, 5.41) is 12.3. The number of rotatable bonds is 8. The van der Waals surface area contributed by atoms with Crippen molar-refractivity contribution < 1.29 is 14.5 Å². The third-order valence-electron chi connectivity index (χ3n) is 5.90. The van der Waals surface area contributed by atoms with Gasteiger partial charge in [-0.15, -0.1) is 0 Å². The molecule has 1 unspecified atom stereocenters. The molecule has 1 saturated heterocycles. The second kappa shape index (κ2) is 10.5. The molecule has 7 heteroatoms. The van der Waals surface area contributed by atoms with Gasteiger partial charge in [0.1, 0.15) is 0 Å². The predicted molar refractivity (Wildman–Crippen MR) is 116 cm³/mol. The van der Waals surface area contributed by atoms with Crippen LogP contribution in [-0.2, 0) is 16.1 Å². The molecule has 3 rings (SSSR count). The van der Waals surface area contributed by atoms with Crippen LogP contribution in [0.2, 0.25) is 0 Å². The van der Waals surface area contributed by atoms with E-state index < -0.39 is 11.5 Å². The molecular weight excluding hydrogens is 382 g/mol. The fraction of sp³-hybridized carbons (Fsp3) is 0.522. The first-order chi connectivity index (χ1) is 14.5. The molecule has 1 aliphatic carbocycles. The van der Waals surface area contributed by atoms with Crippen LogP contribution in [-0.4, -0.2) is 66.1 Å². The Balaban J connectivity index is 1.81. The lowest BCUT2D eigenvalue weighted by Gasteiger charge is -2.30. The van der Waals surface area contributed by atoms with Crippen LogP contribution in [0.25, 0.3) is 0 Å². The maximum atomic E-state index is 12.3. The van der Waals surface area contributed by atoms with Crippen LogP contribution in [0.3, 0.4) is 0 Å². The number of nitrogens with zero attached hydrogens (tertiary/aromatic N) is 3. The van der Waals surface area contributed by atoms with E-state index in [0.29, 0.717) is 26.2 Å². The van der Waals surface area contributed by atoms with Crippen molar-refractivity contribution >= 4 is 5.97 Å². The van der Waals surface area contributed by atoms with E-state index in [4.69, 9.17) is 4.74 Å². The fourth-order valence-electron chi connectivity index (χ4n) is 4.28. The van der Waals surface area contributed by atoms with Gasteiger partial charge in [0.15, 0.2) is 0 Å². The van der Waals surface area contributed by atoms with Gasteiger partial charge in [0, 0.05) is 37.5 Å². The van der Waals surface area contributed by atoms with E-state index in [1.807, 2.05) is 30.3 Å². The van der Waals surface area contributed by atoms with Crippen molar-refractivity contribution in [2.45, 2.75) is 37.8 Å². The average Bonchev–Trinajstić information content (AvgIpc) is 2.93. The Hall–Kier alpha value is -2.51. The van der Waals surface area contributed by atoms with Crippen LogP contribution >= 0.6 is 0 Å². The number of carbonyl (C=O) groups excluding carboxylic acids is 1. The number of allylic oxidation sites excluding steroid dienone is 2. The molecule has 0 saturated carbocycles. The Morgan fingerprint density at radius 1 is 1.13 bits per heavy atom. The van der Waals surface area contributed by atoms with Crippen LogP contribution in [0.1, 0.15) is 31.2 Å². The zero-order valence-corrected chi connectivity index (χ0v) is 17.7. The second-order valence-electron chi connectivity index (χ2n) is 8.22. The number of ether oxygens (including phenoxy) is 1. The molecule has 0 bridgehead atoms. The standard InChI is InChI=1S/C23H31N3O4/c1-30-22(27)12-13-23(26(28)29)18-24(16-20-8-4-2-5-9-20)14-15-25(19-23)17-21-10-6-3-7-11-21/h2,4-6,8-11H,3,7,12-19H2,1H3. The van der Waals surface area contributed by atoms with E-state index in [1.54, 1.807) is 0 Å². The minimum atomic E-state index is -1.21. The Morgan fingerprint density at radius 3 is 2.43 bits per heavy atom. The van der Waals surface area contributed by atoms with Crippen LogP contribution < -0.4 is 0 Å². The van der Waals surface area contributed by atoms with E-state index >= 15 is 0 Å². The van der Waals surface area contributed by atoms with Crippen molar-refractivity contribution in [3.63, 3.8) is 0 Å². The summed E-state index contributed by atoms with van der Waals surface area (Å²) in [4.78, 5) is 28.3. The molecule has 1 fully saturated rings. The smallest absolute Gasteiger partial charge is 0.305 e. The molecule has 0 N–H and O–H groups in total. The molecule has 162 valence electrons. The van der Waals surface area contributed by atoms with E-state index in [0.717, 1.165) is 31.5 Å². The van der Waals surface area contributed by atoms with E-state index in [-0.39, 0.29) is 17.8 Å². The highest BCUT2D eigenvalue weighted by molar-refractivity contribution is 5.69. The summed E-state index contributed by atoms with van der Waals surface area (Å²) in [6.45, 7) is 3.50. The summed E-state index contributed by atoms with van der Waals surface area (Å²) in [6.07, 6.45) is 8.78. The number of carbonyl (C=O) groups is 1. The van der Waals surface area contributed by atoms with Gasteiger partial charge in [0.2, 0.25) is 5.54 Å². The predicted octanol–water partition coefficient (Wildman–Crippen LogP) is 3.05. The minimum Gasteiger partial charge on any atom is -0.469 e. The SMILES string of the molecule is COC(=O)CCC1([N+](=O)[O-])CN(CC2=CCCC=C2)CCN(Cc2ccccc2)C1. The molecule has 7 nitrogen and oxygen atoms in total. The summed E-state index contributed by atoms with van der Waals surface area (Å²) in [5.41, 5.74) is 1.13. The highest BCUT2D eigenvalue weighted by Gasteiger charge is 2.47. The van der Waals surface area contributed by atoms with Gasteiger partial charge in [-0.2, -0.15) is 0 Å². The monoisotopic (exact) mass is 413 g/mol. The van der Waals surface area contributed by atoms with Crippen molar-refractivity contribution in [2.24, 2.45) is 0 Å². The first kappa shape index (κ1) is 22.2. The quantitative estimate of drug-likeness (QED) is 0.370. The summed E-state index contributed by atoms with van der Waals surface area (Å²) >= 11 is 0. The zero-order valence-electron chi connectivity index (χ0n) is 17.7. The van der Waals surface area contributed by atoms with Crippen molar-refractivity contribution in [2.75, 3.05) is 39.8 Å². The Kier molecular flexibility index (Phi) is 7.76. The van der Waals surface area contributed by atoms with Gasteiger partial charge in [0.05, 0.1) is 26.6 Å². The van der Waals surface area contributed by atoms with Gasteiger partial charge in [-0.1, -0.05) is 48.6 Å². The third kappa shape index (κ3) is 6.00. The summed E-state index contributed by atoms with van der Waals surface area (Å²) in [5.74, 6) is -0.403. The first-order valence-electron chi connectivity index (χ1n) is 10.6. The topological polar surface area (TPSA) is 75.9 Å². The Labute approximate surface area is 178 Å². The van der Waals surface area contributed by atoms with Crippen molar-refractivity contribution in [3.8, 4) is 0 Å². The number of methoxy groups -OCH3 is 1. The van der Waals surface area contributed by atoms with Crippen molar-refractivity contribution in [3.05, 3.63) is 69.8 Å². The highest BCUT2D eigenvalue weighted by Crippen LogP contribution is 2.26. The van der Waals surface area contributed by atoms with Gasteiger partial charge < -0.3 is 4.74 Å². The summed E-state index contributed by atoms with van der Waals surface area (Å²) < 4.78 is 4.76. The lowest BCUT2D eigenvalue weighted by atomic mass is 9.92. The number of hydrogen-bond donors (Lipinski definition) is 0. The molecule has 1 aromatic rings. The van der Waals surface area contributed by atoms with Gasteiger partial charge in [-0.25, -0.2) is 0 Å². The molecule has 1 atom stereocenters. The van der Waals surface area contributed by atoms with Gasteiger partial charge in [-0.05, 0) is 24.0 Å². The molecule has 1 aliphatic heterocycles. The molecule has 0 spiro atoms. The van der Waals surface area contributed by atoms with E-state index in [1.165, 1.54) is 12.7 Å². The van der Waals surface area contributed by atoms with E-state index in [2.05, 4.69) is 28.0 Å². The minimum absolute atomic E-state index is 0.0487. The lowest BCUT2D eigenvalue weighted by molar-refractivity contribution is -0.571. The number of nitro groups is 1. The largest absolute Gasteiger partial charge is 0.469 e. The maximum Gasteiger partial charge on any atom is 0.305 e. The van der Waals surface area contributed by atoms with Gasteiger partial charge in [0.25, 0.3) is 0 Å². The number of esters is 1. The lowest BCUT2D eigenvalue weighted by Crippen LogP contribution is -2.53. The Morgan fingerprint density at radius 2 is 1.83 bits per heavy atom.